The summed E-state index contributed by atoms with van der Waals surface area (Å²) in [5, 5.41) is 3.81. The molecule has 0 fully saturated rings. The summed E-state index contributed by atoms with van der Waals surface area (Å²) >= 11 is 3.41. The van der Waals surface area contributed by atoms with Crippen LogP contribution in [0.5, 0.6) is 5.75 Å². The van der Waals surface area contributed by atoms with Crippen molar-refractivity contribution in [2.24, 2.45) is 4.36 Å². The third kappa shape index (κ3) is 4.13. The van der Waals surface area contributed by atoms with E-state index in [1.807, 2.05) is 0 Å². The van der Waals surface area contributed by atoms with Crippen molar-refractivity contribution in [1.82, 2.24) is 9.78 Å². The van der Waals surface area contributed by atoms with Gasteiger partial charge in [0.05, 0.1) is 28.7 Å². The number of nitrogens with zero attached hydrogens (tertiary/aromatic N) is 3. The highest BCUT2D eigenvalue weighted by atomic mass is 79.9. The van der Waals surface area contributed by atoms with Crippen LogP contribution in [-0.4, -0.2) is 21.1 Å². The first-order chi connectivity index (χ1) is 13.7. The fourth-order valence-electron chi connectivity index (χ4n) is 2.97. The van der Waals surface area contributed by atoms with Crippen LogP contribution in [0.15, 0.2) is 45.2 Å². The maximum atomic E-state index is 13.4. The third-order valence-corrected chi connectivity index (χ3v) is 5.29. The summed E-state index contributed by atoms with van der Waals surface area (Å²) in [5.41, 5.74) is 1.86. The molecule has 3 rings (SSSR count). The van der Waals surface area contributed by atoms with E-state index < -0.39 is 11.9 Å². The van der Waals surface area contributed by atoms with Gasteiger partial charge in [-0.05, 0) is 65.7 Å². The molecule has 1 heterocycles. The van der Waals surface area contributed by atoms with Crippen molar-refractivity contribution in [2.45, 2.75) is 20.0 Å². The van der Waals surface area contributed by atoms with Gasteiger partial charge in [0.15, 0.2) is 5.69 Å². The lowest BCUT2D eigenvalue weighted by atomic mass is 10.1. The van der Waals surface area contributed by atoms with Crippen molar-refractivity contribution >= 4 is 33.1 Å². The summed E-state index contributed by atoms with van der Waals surface area (Å²) < 4.78 is 62.0. The molecule has 5 nitrogen and oxygen atoms in total. The van der Waals surface area contributed by atoms with Crippen molar-refractivity contribution in [3.8, 4) is 22.7 Å². The number of aryl methyl sites for hydroxylation is 1. The van der Waals surface area contributed by atoms with Gasteiger partial charge in [-0.1, -0.05) is 6.07 Å². The largest absolute Gasteiger partial charge is 0.496 e. The molecule has 10 heteroatoms. The predicted octanol–water partition coefficient (Wildman–Crippen LogP) is 5.97. The predicted molar refractivity (Wildman–Crippen MR) is 108 cm³/mol. The zero-order valence-electron chi connectivity index (χ0n) is 15.5. The fraction of sp³-hybridized carbons (Fsp3) is 0.211. The van der Waals surface area contributed by atoms with Gasteiger partial charge in [0.1, 0.15) is 5.75 Å². The molecule has 29 heavy (non-hydrogen) atoms. The quantitative estimate of drug-likeness (QED) is 0.457. The summed E-state index contributed by atoms with van der Waals surface area (Å²) in [6.45, 7) is 3.47. The number of hydrogen-bond donors (Lipinski definition) is 0. The van der Waals surface area contributed by atoms with E-state index in [1.54, 1.807) is 44.2 Å². The topological polar surface area (TPSA) is 56.5 Å². The maximum absolute atomic E-state index is 13.4. The van der Waals surface area contributed by atoms with Crippen LogP contribution in [0.1, 0.15) is 16.8 Å². The number of rotatable bonds is 4. The van der Waals surface area contributed by atoms with Gasteiger partial charge in [0.2, 0.25) is 11.5 Å². The van der Waals surface area contributed by atoms with Crippen LogP contribution in [-0.2, 0) is 17.6 Å². The van der Waals surface area contributed by atoms with Gasteiger partial charge < -0.3 is 4.74 Å². The van der Waals surface area contributed by atoms with Gasteiger partial charge >= 0.3 is 6.18 Å². The number of benzene rings is 2. The Morgan fingerprint density at radius 2 is 1.90 bits per heavy atom. The van der Waals surface area contributed by atoms with Gasteiger partial charge in [0.25, 0.3) is 0 Å². The van der Waals surface area contributed by atoms with Gasteiger partial charge in [-0.15, -0.1) is 0 Å². The van der Waals surface area contributed by atoms with Crippen molar-refractivity contribution in [2.75, 3.05) is 7.11 Å². The first-order valence-electron chi connectivity index (χ1n) is 8.29. The van der Waals surface area contributed by atoms with Crippen LogP contribution < -0.4 is 4.74 Å². The van der Waals surface area contributed by atoms with E-state index in [9.17, 15) is 17.4 Å². The minimum absolute atomic E-state index is 0.0483. The van der Waals surface area contributed by atoms with Crippen molar-refractivity contribution in [3.63, 3.8) is 0 Å². The molecule has 0 N–H and O–H groups in total. The van der Waals surface area contributed by atoms with Crippen molar-refractivity contribution < 1.29 is 22.1 Å². The van der Waals surface area contributed by atoms with E-state index in [4.69, 9.17) is 4.74 Å². The molecule has 0 aliphatic heterocycles. The lowest BCUT2D eigenvalue weighted by molar-refractivity contribution is -0.141. The third-order valence-electron chi connectivity index (χ3n) is 4.41. The van der Waals surface area contributed by atoms with Crippen molar-refractivity contribution in [3.05, 3.63) is 57.7 Å². The normalized spacial score (nSPS) is 11.4. The second-order valence-electron chi connectivity index (χ2n) is 6.21. The van der Waals surface area contributed by atoms with E-state index in [0.717, 1.165) is 11.6 Å². The molecule has 152 valence electrons. The number of methoxy groups -OCH3 is 1. The smallest absolute Gasteiger partial charge is 0.435 e. The molecule has 0 aliphatic rings. The number of alkyl halides is 3. The van der Waals surface area contributed by atoms with E-state index in [1.165, 1.54) is 11.8 Å². The van der Waals surface area contributed by atoms with Gasteiger partial charge in [-0.3, -0.25) is 0 Å². The van der Waals surface area contributed by atoms with E-state index in [-0.39, 0.29) is 17.2 Å². The van der Waals surface area contributed by atoms with E-state index in [0.29, 0.717) is 32.7 Å². The molecule has 2 aromatic carbocycles. The first kappa shape index (κ1) is 21.3. The summed E-state index contributed by atoms with van der Waals surface area (Å²) in [5.74, 6) is 0.552. The van der Waals surface area contributed by atoms with Gasteiger partial charge in [-0.2, -0.15) is 26.8 Å². The first-order valence-corrected chi connectivity index (χ1v) is 9.78. The van der Waals surface area contributed by atoms with Gasteiger partial charge in [-0.25, -0.2) is 4.68 Å². The molecule has 0 saturated heterocycles. The fourth-order valence-corrected chi connectivity index (χ4v) is 3.86. The standard InChI is InChI=1S/C19H15BrF3N3O2S/c1-10-4-6-14(11(2)18(10)25-29-27)26-15(9-17(24-26)19(21,22)23)12-5-7-16(28-3)13(20)8-12/h4-9H,1-3H3. The Morgan fingerprint density at radius 3 is 2.48 bits per heavy atom. The highest BCUT2D eigenvalue weighted by molar-refractivity contribution is 9.10. The van der Waals surface area contributed by atoms with Crippen LogP contribution in [0.4, 0.5) is 18.9 Å². The lowest BCUT2D eigenvalue weighted by Gasteiger charge is -2.14. The number of aromatic nitrogens is 2. The van der Waals surface area contributed by atoms with Crippen LogP contribution >= 0.6 is 15.9 Å². The molecule has 1 aromatic heterocycles. The Balaban J connectivity index is 2.30. The average molecular weight is 486 g/mol. The average Bonchev–Trinajstić information content (AvgIpc) is 3.10. The molecular formula is C19H15BrF3N3O2S. The Labute approximate surface area is 176 Å². The minimum atomic E-state index is -4.61. The Hall–Kier alpha value is -2.46. The zero-order chi connectivity index (χ0) is 21.3. The molecule has 0 aliphatic carbocycles. The monoisotopic (exact) mass is 485 g/mol. The summed E-state index contributed by atoms with van der Waals surface area (Å²) in [6.07, 6.45) is -4.61. The van der Waals surface area contributed by atoms with E-state index >= 15 is 0 Å². The maximum Gasteiger partial charge on any atom is 0.435 e. The van der Waals surface area contributed by atoms with Crippen LogP contribution in [0.3, 0.4) is 0 Å². The Bertz CT molecular complexity index is 1140. The minimum Gasteiger partial charge on any atom is -0.496 e. The molecule has 0 amide bonds. The number of halogens is 4. The molecule has 0 saturated carbocycles. The highest BCUT2D eigenvalue weighted by Gasteiger charge is 2.35. The number of ether oxygens (including phenoxy) is 1. The van der Waals surface area contributed by atoms with Crippen LogP contribution in [0.25, 0.3) is 16.9 Å². The Morgan fingerprint density at radius 1 is 1.17 bits per heavy atom. The molecule has 0 bridgehead atoms. The Kier molecular flexibility index (Phi) is 5.95. The molecular weight excluding hydrogens is 471 g/mol. The van der Waals surface area contributed by atoms with E-state index in [2.05, 4.69) is 25.4 Å². The molecule has 0 radical (unpaired) electrons. The summed E-state index contributed by atoms with van der Waals surface area (Å²) in [6, 6.07) is 9.32. The SMILES string of the molecule is COc1ccc(-c2cc(C(F)(F)F)nn2-c2ccc(C)c(N=S=O)c2C)cc1Br. The molecule has 0 atom stereocenters. The summed E-state index contributed by atoms with van der Waals surface area (Å²) in [7, 11) is 1.50. The lowest BCUT2D eigenvalue weighted by Crippen LogP contribution is -2.08. The number of hydrogen-bond acceptors (Lipinski definition) is 4. The van der Waals surface area contributed by atoms with Crippen LogP contribution in [0, 0.1) is 13.8 Å². The molecule has 0 unspecified atom stereocenters. The molecule has 0 spiro atoms. The van der Waals surface area contributed by atoms with Crippen LogP contribution in [0.2, 0.25) is 0 Å². The summed E-state index contributed by atoms with van der Waals surface area (Å²) in [4.78, 5) is 0. The zero-order valence-corrected chi connectivity index (χ0v) is 17.9. The highest BCUT2D eigenvalue weighted by Crippen LogP contribution is 2.37. The second-order valence-corrected chi connectivity index (χ2v) is 7.40. The van der Waals surface area contributed by atoms with Crippen molar-refractivity contribution in [1.29, 1.82) is 0 Å². The molecule has 3 aromatic rings. The second kappa shape index (κ2) is 8.11. The van der Waals surface area contributed by atoms with Gasteiger partial charge in [0, 0.05) is 11.1 Å².